The first-order valence-corrected chi connectivity index (χ1v) is 8.26. The van der Waals surface area contributed by atoms with E-state index in [0.717, 1.165) is 25.7 Å². The Labute approximate surface area is 127 Å². The van der Waals surface area contributed by atoms with Crippen LogP contribution in [0.4, 0.5) is 0 Å². The monoisotopic (exact) mass is 295 g/mol. The maximum atomic E-state index is 6.10. The highest BCUT2D eigenvalue weighted by molar-refractivity contribution is 5.07. The lowest BCUT2D eigenvalue weighted by molar-refractivity contribution is -0.0891. The van der Waals surface area contributed by atoms with Crippen molar-refractivity contribution in [3.05, 3.63) is 11.7 Å². The molecule has 0 bridgehead atoms. The van der Waals surface area contributed by atoms with Crippen molar-refractivity contribution in [2.75, 3.05) is 6.61 Å². The molecule has 5 nitrogen and oxygen atoms in total. The fraction of sp³-hybridized carbons (Fsp3) is 0.875. The van der Waals surface area contributed by atoms with Gasteiger partial charge in [0.1, 0.15) is 5.60 Å². The van der Waals surface area contributed by atoms with Crippen molar-refractivity contribution in [3.63, 3.8) is 0 Å². The number of aromatic nitrogens is 2. The van der Waals surface area contributed by atoms with Gasteiger partial charge in [-0.25, -0.2) is 0 Å². The van der Waals surface area contributed by atoms with Gasteiger partial charge in [0.2, 0.25) is 11.7 Å². The minimum absolute atomic E-state index is 0.0108. The van der Waals surface area contributed by atoms with Crippen LogP contribution in [0.3, 0.4) is 0 Å². The molecule has 5 heteroatoms. The molecular formula is C16H29N3O2. The highest BCUT2D eigenvalue weighted by atomic mass is 16.5. The summed E-state index contributed by atoms with van der Waals surface area (Å²) in [5, 5.41) is 4.25. The summed E-state index contributed by atoms with van der Waals surface area (Å²) in [4.78, 5) is 4.67. The van der Waals surface area contributed by atoms with Gasteiger partial charge in [0.15, 0.2) is 0 Å². The van der Waals surface area contributed by atoms with E-state index in [-0.39, 0.29) is 17.6 Å². The van der Waals surface area contributed by atoms with Crippen LogP contribution in [0.15, 0.2) is 4.52 Å². The van der Waals surface area contributed by atoms with Gasteiger partial charge in [-0.15, -0.1) is 0 Å². The van der Waals surface area contributed by atoms with Crippen molar-refractivity contribution < 1.29 is 9.26 Å². The fourth-order valence-electron chi connectivity index (χ4n) is 3.52. The van der Waals surface area contributed by atoms with Crippen LogP contribution in [0.25, 0.3) is 0 Å². The van der Waals surface area contributed by atoms with Gasteiger partial charge >= 0.3 is 0 Å². The van der Waals surface area contributed by atoms with E-state index in [1.807, 2.05) is 13.8 Å². The molecule has 1 fully saturated rings. The average molecular weight is 295 g/mol. The SMILES string of the molecule is CCOC1(c2noc(C(CC)C(C)N)n2)CCCC(C)C1. The van der Waals surface area contributed by atoms with Crippen LogP contribution < -0.4 is 5.73 Å². The largest absolute Gasteiger partial charge is 0.367 e. The summed E-state index contributed by atoms with van der Waals surface area (Å²) in [6.07, 6.45) is 5.23. The molecule has 1 aromatic heterocycles. The molecule has 4 atom stereocenters. The molecule has 1 aromatic rings. The van der Waals surface area contributed by atoms with Crippen LogP contribution in [-0.4, -0.2) is 22.8 Å². The number of hydrogen-bond donors (Lipinski definition) is 1. The Bertz CT molecular complexity index is 442. The first kappa shape index (κ1) is 16.4. The lowest BCUT2D eigenvalue weighted by atomic mass is 9.78. The Morgan fingerprint density at radius 2 is 2.24 bits per heavy atom. The van der Waals surface area contributed by atoms with Crippen LogP contribution in [-0.2, 0) is 10.3 Å². The molecule has 1 heterocycles. The minimum atomic E-state index is -0.371. The molecule has 0 aromatic carbocycles. The van der Waals surface area contributed by atoms with E-state index < -0.39 is 0 Å². The normalized spacial score (nSPS) is 29.3. The Hall–Kier alpha value is -0.940. The smallest absolute Gasteiger partial charge is 0.231 e. The standard InChI is InChI=1S/C16H29N3O2/c1-5-13(12(4)17)14-18-15(19-21-14)16(20-6-2)9-7-8-11(3)10-16/h11-13H,5-10,17H2,1-4H3. The summed E-state index contributed by atoms with van der Waals surface area (Å²) in [6, 6.07) is 0.0108. The predicted molar refractivity (Wildman–Crippen MR) is 81.9 cm³/mol. The van der Waals surface area contributed by atoms with E-state index in [9.17, 15) is 0 Å². The Morgan fingerprint density at radius 3 is 2.81 bits per heavy atom. The first-order valence-electron chi connectivity index (χ1n) is 8.26. The van der Waals surface area contributed by atoms with Crippen molar-refractivity contribution in [2.24, 2.45) is 11.7 Å². The van der Waals surface area contributed by atoms with Crippen LogP contribution >= 0.6 is 0 Å². The molecule has 0 saturated heterocycles. The number of nitrogens with two attached hydrogens (primary N) is 1. The van der Waals surface area contributed by atoms with Crippen molar-refractivity contribution in [1.82, 2.24) is 10.1 Å². The molecule has 0 spiro atoms. The summed E-state index contributed by atoms with van der Waals surface area (Å²) in [5.74, 6) is 2.11. The molecule has 2 rings (SSSR count). The van der Waals surface area contributed by atoms with Crippen molar-refractivity contribution in [2.45, 2.75) is 77.4 Å². The third-order valence-electron chi connectivity index (χ3n) is 4.62. The third kappa shape index (κ3) is 3.46. The predicted octanol–water partition coefficient (Wildman–Crippen LogP) is 3.35. The van der Waals surface area contributed by atoms with Crippen LogP contribution in [0.5, 0.6) is 0 Å². The molecule has 1 saturated carbocycles. The van der Waals surface area contributed by atoms with Crippen molar-refractivity contribution >= 4 is 0 Å². The van der Waals surface area contributed by atoms with E-state index in [1.54, 1.807) is 0 Å². The second-order valence-electron chi connectivity index (χ2n) is 6.46. The van der Waals surface area contributed by atoms with Gasteiger partial charge < -0.3 is 15.0 Å². The fourth-order valence-corrected chi connectivity index (χ4v) is 3.52. The summed E-state index contributed by atoms with van der Waals surface area (Å²) in [5.41, 5.74) is 5.65. The Morgan fingerprint density at radius 1 is 1.48 bits per heavy atom. The van der Waals surface area contributed by atoms with E-state index in [4.69, 9.17) is 15.0 Å². The third-order valence-corrected chi connectivity index (χ3v) is 4.62. The highest BCUT2D eigenvalue weighted by Gasteiger charge is 2.42. The molecule has 1 aliphatic rings. The molecule has 0 amide bonds. The highest BCUT2D eigenvalue weighted by Crippen LogP contribution is 2.42. The van der Waals surface area contributed by atoms with Gasteiger partial charge in [-0.05, 0) is 45.4 Å². The second-order valence-corrected chi connectivity index (χ2v) is 6.46. The van der Waals surface area contributed by atoms with E-state index >= 15 is 0 Å². The molecule has 120 valence electrons. The first-order chi connectivity index (χ1) is 10.0. The molecule has 21 heavy (non-hydrogen) atoms. The van der Waals surface area contributed by atoms with Gasteiger partial charge in [0.25, 0.3) is 0 Å². The van der Waals surface area contributed by atoms with Gasteiger partial charge in [-0.1, -0.05) is 25.4 Å². The van der Waals surface area contributed by atoms with E-state index in [0.29, 0.717) is 24.2 Å². The maximum Gasteiger partial charge on any atom is 0.231 e. The molecular weight excluding hydrogens is 266 g/mol. The summed E-state index contributed by atoms with van der Waals surface area (Å²) in [7, 11) is 0. The Balaban J connectivity index is 2.27. The number of hydrogen-bond acceptors (Lipinski definition) is 5. The second kappa shape index (κ2) is 6.88. The van der Waals surface area contributed by atoms with E-state index in [2.05, 4.69) is 24.0 Å². The summed E-state index contributed by atoms with van der Waals surface area (Å²) >= 11 is 0. The maximum absolute atomic E-state index is 6.10. The van der Waals surface area contributed by atoms with Crippen molar-refractivity contribution in [1.29, 1.82) is 0 Å². The zero-order valence-electron chi connectivity index (χ0n) is 13.8. The van der Waals surface area contributed by atoms with Crippen molar-refractivity contribution in [3.8, 4) is 0 Å². The summed E-state index contributed by atoms with van der Waals surface area (Å²) in [6.45, 7) is 9.04. The lowest BCUT2D eigenvalue weighted by Crippen LogP contribution is -2.36. The lowest BCUT2D eigenvalue weighted by Gasteiger charge is -2.37. The van der Waals surface area contributed by atoms with Gasteiger partial charge in [-0.3, -0.25) is 0 Å². The van der Waals surface area contributed by atoms with Gasteiger partial charge in [0.05, 0.1) is 5.92 Å². The molecule has 1 aliphatic carbocycles. The molecule has 0 radical (unpaired) electrons. The quantitative estimate of drug-likeness (QED) is 0.871. The van der Waals surface area contributed by atoms with Gasteiger partial charge in [-0.2, -0.15) is 4.98 Å². The number of nitrogens with zero attached hydrogens (tertiary/aromatic N) is 2. The topological polar surface area (TPSA) is 74.2 Å². The number of ether oxygens (including phenoxy) is 1. The zero-order chi connectivity index (χ0) is 15.5. The number of rotatable bonds is 6. The molecule has 4 unspecified atom stereocenters. The molecule has 0 aliphatic heterocycles. The zero-order valence-corrected chi connectivity index (χ0v) is 13.8. The van der Waals surface area contributed by atoms with Crippen LogP contribution in [0.2, 0.25) is 0 Å². The van der Waals surface area contributed by atoms with E-state index in [1.165, 1.54) is 6.42 Å². The minimum Gasteiger partial charge on any atom is -0.367 e. The Kier molecular flexibility index (Phi) is 5.38. The average Bonchev–Trinajstić information content (AvgIpc) is 2.89. The van der Waals surface area contributed by atoms with Crippen LogP contribution in [0, 0.1) is 5.92 Å². The van der Waals surface area contributed by atoms with Gasteiger partial charge in [0, 0.05) is 12.6 Å². The van der Waals surface area contributed by atoms with Crippen LogP contribution in [0.1, 0.15) is 77.4 Å². The molecule has 2 N–H and O–H groups in total. The summed E-state index contributed by atoms with van der Waals surface area (Å²) < 4.78 is 11.6.